The van der Waals surface area contributed by atoms with Crippen molar-refractivity contribution in [1.82, 2.24) is 5.32 Å². The Morgan fingerprint density at radius 1 is 1.30 bits per heavy atom. The van der Waals surface area contributed by atoms with Crippen molar-refractivity contribution in [1.29, 1.82) is 0 Å². The maximum atomic E-state index is 13.6. The van der Waals surface area contributed by atoms with Gasteiger partial charge in [-0.25, -0.2) is 9.18 Å². The van der Waals surface area contributed by atoms with E-state index in [1.807, 2.05) is 5.32 Å². The van der Waals surface area contributed by atoms with Gasteiger partial charge in [0.05, 0.1) is 11.7 Å². The molecule has 0 aromatic heterocycles. The van der Waals surface area contributed by atoms with E-state index in [0.717, 1.165) is 12.2 Å². The van der Waals surface area contributed by atoms with Crippen molar-refractivity contribution in [2.24, 2.45) is 0 Å². The molecule has 2 atom stereocenters. The number of allylic oxidation sites excluding steroid dienone is 2. The van der Waals surface area contributed by atoms with Gasteiger partial charge in [0, 0.05) is 4.47 Å². The quantitative estimate of drug-likeness (QED) is 0.670. The molecule has 0 spiro atoms. The van der Waals surface area contributed by atoms with Crippen LogP contribution < -0.4 is 10.6 Å². The van der Waals surface area contributed by atoms with Crippen molar-refractivity contribution >= 4 is 27.6 Å². The van der Waals surface area contributed by atoms with Gasteiger partial charge in [0.1, 0.15) is 5.83 Å². The third-order valence-electron chi connectivity index (χ3n) is 3.20. The largest absolute Gasteiger partial charge is 0.426 e. The summed E-state index contributed by atoms with van der Waals surface area (Å²) in [7, 11) is 0. The smallest absolute Gasteiger partial charge is 0.373 e. The molecular weight excluding hydrogens is 384 g/mol. The molecule has 2 amide bonds. The lowest BCUT2D eigenvalue weighted by molar-refractivity contribution is -0.255. The maximum absolute atomic E-state index is 13.6. The van der Waals surface area contributed by atoms with Gasteiger partial charge in [0.15, 0.2) is 0 Å². The van der Waals surface area contributed by atoms with Crippen LogP contribution in [0.25, 0.3) is 0 Å². The second-order valence-electron chi connectivity index (χ2n) is 4.72. The topological polar surface area (TPSA) is 61.4 Å². The minimum Gasteiger partial charge on any atom is -0.373 e. The third kappa shape index (κ3) is 3.40. The molecule has 1 aromatic carbocycles. The fraction of sp³-hybridized carbons (Fsp3) is 0.214. The standard InChI is InChI=1S/C14H11BrF4N2O2/c15-8-4-1-2-5-9(8)20-12(22)21-11-7-3-6-10(16)13(11,23)14(17,18)19/h1-7,11,23H,(H2,20,21,22). The van der Waals surface area contributed by atoms with E-state index >= 15 is 0 Å². The molecule has 0 saturated heterocycles. The first kappa shape index (κ1) is 17.5. The summed E-state index contributed by atoms with van der Waals surface area (Å²) < 4.78 is 53.2. The Kier molecular flexibility index (Phi) is 4.81. The van der Waals surface area contributed by atoms with Crippen LogP contribution in [0.3, 0.4) is 0 Å². The van der Waals surface area contributed by atoms with E-state index in [2.05, 4.69) is 21.2 Å². The summed E-state index contributed by atoms with van der Waals surface area (Å²) in [4.78, 5) is 11.9. The monoisotopic (exact) mass is 394 g/mol. The number of nitrogens with one attached hydrogen (secondary N) is 2. The molecule has 2 rings (SSSR count). The minimum absolute atomic E-state index is 0.302. The summed E-state index contributed by atoms with van der Waals surface area (Å²) in [6, 6.07) is 3.38. The number of hydrogen-bond acceptors (Lipinski definition) is 2. The first-order valence-electron chi connectivity index (χ1n) is 6.32. The van der Waals surface area contributed by atoms with Crippen LogP contribution >= 0.6 is 15.9 Å². The number of anilines is 1. The predicted molar refractivity (Wildman–Crippen MR) is 79.4 cm³/mol. The lowest BCUT2D eigenvalue weighted by Crippen LogP contribution is -2.61. The first-order chi connectivity index (χ1) is 10.7. The summed E-state index contributed by atoms with van der Waals surface area (Å²) in [6.45, 7) is 0. The van der Waals surface area contributed by atoms with Crippen LogP contribution in [-0.2, 0) is 0 Å². The van der Waals surface area contributed by atoms with Crippen molar-refractivity contribution in [2.45, 2.75) is 17.8 Å². The fourth-order valence-corrected chi connectivity index (χ4v) is 2.38. The molecule has 0 aliphatic heterocycles. The highest BCUT2D eigenvalue weighted by molar-refractivity contribution is 9.10. The van der Waals surface area contributed by atoms with Crippen molar-refractivity contribution < 1.29 is 27.5 Å². The van der Waals surface area contributed by atoms with Crippen molar-refractivity contribution in [2.75, 3.05) is 5.32 Å². The van der Waals surface area contributed by atoms with Gasteiger partial charge in [0.25, 0.3) is 0 Å². The molecule has 1 aliphatic carbocycles. The van der Waals surface area contributed by atoms with Crippen LogP contribution in [0.15, 0.2) is 52.8 Å². The number of rotatable bonds is 2. The molecule has 2 unspecified atom stereocenters. The molecule has 0 saturated carbocycles. The summed E-state index contributed by atoms with van der Waals surface area (Å²) in [5.41, 5.74) is -3.51. The molecule has 9 heteroatoms. The average molecular weight is 395 g/mol. The molecule has 0 radical (unpaired) electrons. The van der Waals surface area contributed by atoms with Gasteiger partial charge in [-0.1, -0.05) is 24.3 Å². The van der Waals surface area contributed by atoms with Gasteiger partial charge in [-0.3, -0.25) is 0 Å². The fourth-order valence-electron chi connectivity index (χ4n) is 1.99. The average Bonchev–Trinajstić information content (AvgIpc) is 2.45. The molecule has 3 N–H and O–H groups in total. The Bertz CT molecular complexity index is 675. The molecule has 0 bridgehead atoms. The third-order valence-corrected chi connectivity index (χ3v) is 3.89. The van der Waals surface area contributed by atoms with Crippen molar-refractivity contribution in [3.05, 3.63) is 52.8 Å². The molecular formula is C14H11BrF4N2O2. The van der Waals surface area contributed by atoms with E-state index in [9.17, 15) is 27.5 Å². The second kappa shape index (κ2) is 6.32. The highest BCUT2D eigenvalue weighted by Crippen LogP contribution is 2.41. The number of aliphatic hydroxyl groups is 1. The predicted octanol–water partition coefficient (Wildman–Crippen LogP) is 3.66. The maximum Gasteiger partial charge on any atom is 0.426 e. The number of amides is 2. The Morgan fingerprint density at radius 3 is 2.57 bits per heavy atom. The van der Waals surface area contributed by atoms with E-state index in [0.29, 0.717) is 16.2 Å². The van der Waals surface area contributed by atoms with Gasteiger partial charge in [-0.05, 0) is 34.1 Å². The highest BCUT2D eigenvalue weighted by atomic mass is 79.9. The van der Waals surface area contributed by atoms with Crippen LogP contribution in [-0.4, -0.2) is 29.0 Å². The first-order valence-corrected chi connectivity index (χ1v) is 7.11. The molecule has 1 aliphatic rings. The van der Waals surface area contributed by atoms with Gasteiger partial charge in [0.2, 0.25) is 5.60 Å². The Balaban J connectivity index is 2.18. The van der Waals surface area contributed by atoms with E-state index in [-0.39, 0.29) is 0 Å². The zero-order valence-corrected chi connectivity index (χ0v) is 13.0. The number of carbonyl (C=O) groups is 1. The van der Waals surface area contributed by atoms with Gasteiger partial charge in [-0.2, -0.15) is 13.2 Å². The van der Waals surface area contributed by atoms with E-state index in [1.54, 1.807) is 18.2 Å². The minimum atomic E-state index is -5.30. The number of alkyl halides is 3. The molecule has 4 nitrogen and oxygen atoms in total. The summed E-state index contributed by atoms with van der Waals surface area (Å²) in [6.07, 6.45) is -2.96. The number of benzene rings is 1. The van der Waals surface area contributed by atoms with E-state index < -0.39 is 29.7 Å². The van der Waals surface area contributed by atoms with Crippen molar-refractivity contribution in [3.63, 3.8) is 0 Å². The number of carbonyl (C=O) groups excluding carboxylic acids is 1. The second-order valence-corrected chi connectivity index (χ2v) is 5.57. The van der Waals surface area contributed by atoms with E-state index in [1.165, 1.54) is 6.07 Å². The summed E-state index contributed by atoms with van der Waals surface area (Å²) >= 11 is 3.16. The SMILES string of the molecule is O=C(Nc1ccccc1Br)NC1C=CC=C(F)C1(O)C(F)(F)F. The van der Waals surface area contributed by atoms with Gasteiger partial charge in [-0.15, -0.1) is 0 Å². The Hall–Kier alpha value is -1.87. The lowest BCUT2D eigenvalue weighted by atomic mass is 9.88. The number of halogens is 5. The van der Waals surface area contributed by atoms with Crippen LogP contribution in [0, 0.1) is 0 Å². The molecule has 23 heavy (non-hydrogen) atoms. The molecule has 0 heterocycles. The Morgan fingerprint density at radius 2 is 1.96 bits per heavy atom. The van der Waals surface area contributed by atoms with Crippen molar-refractivity contribution in [3.8, 4) is 0 Å². The number of para-hydroxylation sites is 1. The zero-order chi connectivity index (χ0) is 17.3. The normalized spacial score (nSPS) is 24.1. The van der Waals surface area contributed by atoms with Gasteiger partial charge >= 0.3 is 12.2 Å². The highest BCUT2D eigenvalue weighted by Gasteiger charge is 2.62. The van der Waals surface area contributed by atoms with Crippen LogP contribution in [0.5, 0.6) is 0 Å². The zero-order valence-electron chi connectivity index (χ0n) is 11.4. The molecule has 124 valence electrons. The summed E-state index contributed by atoms with van der Waals surface area (Å²) in [5, 5.41) is 14.0. The van der Waals surface area contributed by atoms with Crippen LogP contribution in [0.4, 0.5) is 28.0 Å². The Labute approximate surface area is 137 Å². The van der Waals surface area contributed by atoms with Crippen LogP contribution in [0.1, 0.15) is 0 Å². The van der Waals surface area contributed by atoms with Crippen LogP contribution in [0.2, 0.25) is 0 Å². The summed E-state index contributed by atoms with van der Waals surface area (Å²) in [5.74, 6) is -1.79. The molecule has 0 fully saturated rings. The van der Waals surface area contributed by atoms with E-state index in [4.69, 9.17) is 0 Å². The molecule has 1 aromatic rings. The van der Waals surface area contributed by atoms with Gasteiger partial charge < -0.3 is 15.7 Å². The lowest BCUT2D eigenvalue weighted by Gasteiger charge is -2.36. The number of hydrogen-bond donors (Lipinski definition) is 3. The number of urea groups is 1.